The Morgan fingerprint density at radius 1 is 0.395 bits per heavy atom. The van der Waals surface area contributed by atoms with Gasteiger partial charge in [-0.25, -0.2) is 4.79 Å². The highest BCUT2D eigenvalue weighted by molar-refractivity contribution is 6.32. The molecule has 0 radical (unpaired) electrons. The van der Waals surface area contributed by atoms with E-state index in [0.29, 0.717) is 112 Å². The Morgan fingerprint density at radius 2 is 0.651 bits per heavy atom. The first kappa shape index (κ1) is 40.7. The summed E-state index contributed by atoms with van der Waals surface area (Å²) >= 11 is 0. The van der Waals surface area contributed by atoms with Crippen LogP contribution in [0.1, 0.15) is 19.8 Å². The molecule has 0 atom stereocenters. The van der Waals surface area contributed by atoms with Crippen molar-refractivity contribution >= 4 is 23.7 Å². The molecule has 0 aromatic carbocycles. The molecule has 0 aromatic heterocycles. The van der Waals surface area contributed by atoms with Crippen LogP contribution < -0.4 is 0 Å². The van der Waals surface area contributed by atoms with Gasteiger partial charge in [0.1, 0.15) is 13.2 Å². The smallest absolute Gasteiger partial charge is 0.372 e. The molecule has 0 spiro atoms. The Morgan fingerprint density at radius 3 is 0.907 bits per heavy atom. The summed E-state index contributed by atoms with van der Waals surface area (Å²) in [6.45, 7) is 9.03. The van der Waals surface area contributed by atoms with Gasteiger partial charge in [0.2, 0.25) is 5.78 Å². The van der Waals surface area contributed by atoms with E-state index >= 15 is 0 Å². The van der Waals surface area contributed by atoms with Crippen molar-refractivity contribution < 1.29 is 76.4 Å². The van der Waals surface area contributed by atoms with Crippen LogP contribution in [0.25, 0.3) is 0 Å². The van der Waals surface area contributed by atoms with E-state index in [1.54, 1.807) is 0 Å². The minimum atomic E-state index is -1.57. The van der Waals surface area contributed by atoms with Gasteiger partial charge in [0.15, 0.2) is 0 Å². The number of aliphatic carboxylic acids is 1. The molecule has 1 N–H and O–H groups in total. The lowest BCUT2D eigenvalue weighted by Gasteiger charge is -2.09. The number of ether oxygens (including phenoxy) is 11. The zero-order chi connectivity index (χ0) is 31.6. The van der Waals surface area contributed by atoms with Crippen LogP contribution in [-0.2, 0) is 71.3 Å². The number of rotatable bonds is 34. The Labute approximate surface area is 252 Å². The predicted octanol–water partition coefficient (Wildman–Crippen LogP) is -0.324. The minimum Gasteiger partial charge on any atom is -0.476 e. The summed E-state index contributed by atoms with van der Waals surface area (Å²) in [7, 11) is 0. The van der Waals surface area contributed by atoms with Gasteiger partial charge in [0.05, 0.1) is 125 Å². The van der Waals surface area contributed by atoms with E-state index in [2.05, 4.69) is 0 Å². The molecule has 0 aliphatic heterocycles. The van der Waals surface area contributed by atoms with Crippen LogP contribution in [0.5, 0.6) is 0 Å². The molecule has 0 aliphatic rings. The van der Waals surface area contributed by atoms with Gasteiger partial charge in [-0.3, -0.25) is 14.4 Å². The summed E-state index contributed by atoms with van der Waals surface area (Å²) < 4.78 is 57.8. The fourth-order valence-electron chi connectivity index (χ4n) is 2.71. The molecule has 0 aliphatic carbocycles. The first-order valence-electron chi connectivity index (χ1n) is 14.2. The summed E-state index contributed by atoms with van der Waals surface area (Å²) in [5.41, 5.74) is 0. The van der Waals surface area contributed by atoms with Gasteiger partial charge in [-0.05, 0) is 0 Å². The molecule has 0 unspecified atom stereocenters. The number of carbonyl (C=O) groups is 4. The number of ketones is 1. The molecule has 0 saturated heterocycles. The molecule has 16 nitrogen and oxygen atoms in total. The number of hydrogen-bond acceptors (Lipinski definition) is 15. The van der Waals surface area contributed by atoms with Crippen molar-refractivity contribution in [2.24, 2.45) is 0 Å². The highest BCUT2D eigenvalue weighted by Crippen LogP contribution is 1.95. The van der Waals surface area contributed by atoms with Crippen molar-refractivity contribution in [2.45, 2.75) is 19.8 Å². The first-order valence-corrected chi connectivity index (χ1v) is 14.2. The van der Waals surface area contributed by atoms with Crippen LogP contribution in [0.4, 0.5) is 0 Å². The summed E-state index contributed by atoms with van der Waals surface area (Å²) in [5, 5.41) is 8.43. The SMILES string of the molecule is CC(=O)OCCOCCOCCOCCOCCOCCOCCOCCOCCOCCOC(=O)CCC(=O)C(=O)O. The number of carbonyl (C=O) groups excluding carboxylic acids is 3. The molecule has 43 heavy (non-hydrogen) atoms. The molecule has 0 heterocycles. The van der Waals surface area contributed by atoms with Crippen LogP contribution in [0.15, 0.2) is 0 Å². The monoisotopic (exact) mass is 628 g/mol. The van der Waals surface area contributed by atoms with Crippen LogP contribution in [0, 0.1) is 0 Å². The summed E-state index contributed by atoms with van der Waals surface area (Å²) in [6.07, 6.45) is -0.665. The third-order valence-corrected chi connectivity index (χ3v) is 4.79. The highest BCUT2D eigenvalue weighted by Gasteiger charge is 2.14. The average molecular weight is 629 g/mol. The Kier molecular flexibility index (Phi) is 30.9. The number of carboxylic acid groups (broad SMARTS) is 1. The van der Waals surface area contributed by atoms with E-state index in [1.165, 1.54) is 6.92 Å². The quantitative estimate of drug-likeness (QED) is 0.0553. The lowest BCUT2D eigenvalue weighted by molar-refractivity contribution is -0.151. The molecule has 0 amide bonds. The highest BCUT2D eigenvalue weighted by atomic mass is 16.6. The van der Waals surface area contributed by atoms with Gasteiger partial charge < -0.3 is 57.2 Å². The lowest BCUT2D eigenvalue weighted by Crippen LogP contribution is -2.17. The standard InChI is InChI=1S/C27H48O16/c1-24(28)42-22-20-40-18-16-38-14-12-36-10-8-34-6-4-33-5-7-35-9-11-37-13-15-39-17-19-41-21-23-43-26(30)3-2-25(29)27(31)32/h2-23H2,1H3,(H,31,32). The fraction of sp³-hybridized carbons (Fsp3) is 0.852. The second-order valence-corrected chi connectivity index (χ2v) is 8.30. The number of esters is 2. The van der Waals surface area contributed by atoms with Crippen LogP contribution >= 0.6 is 0 Å². The molecule has 0 fully saturated rings. The Hall–Kier alpha value is -2.28. The van der Waals surface area contributed by atoms with E-state index in [4.69, 9.17) is 57.2 Å². The molecular weight excluding hydrogens is 580 g/mol. The average Bonchev–Trinajstić information content (AvgIpc) is 2.98. The maximum Gasteiger partial charge on any atom is 0.372 e. The second-order valence-electron chi connectivity index (χ2n) is 8.30. The minimum absolute atomic E-state index is 0.0108. The van der Waals surface area contributed by atoms with Crippen LogP contribution in [0.3, 0.4) is 0 Å². The normalized spacial score (nSPS) is 11.0. The number of carboxylic acids is 1. The molecule has 0 rings (SSSR count). The first-order chi connectivity index (χ1) is 20.9. The summed E-state index contributed by atoms with van der Waals surface area (Å²) in [5.74, 6) is -3.57. The van der Waals surface area contributed by atoms with E-state index in [-0.39, 0.29) is 38.6 Å². The zero-order valence-corrected chi connectivity index (χ0v) is 25.1. The number of hydrogen-bond donors (Lipinski definition) is 1. The third kappa shape index (κ3) is 34.1. The Bertz CT molecular complexity index is 690. The Balaban J connectivity index is 3.13. The van der Waals surface area contributed by atoms with Crippen molar-refractivity contribution in [3.8, 4) is 0 Å². The van der Waals surface area contributed by atoms with Crippen molar-refractivity contribution in [3.05, 3.63) is 0 Å². The van der Waals surface area contributed by atoms with Crippen molar-refractivity contribution in [1.82, 2.24) is 0 Å². The topological polar surface area (TPSA) is 190 Å². The van der Waals surface area contributed by atoms with Gasteiger partial charge in [0.25, 0.3) is 0 Å². The largest absolute Gasteiger partial charge is 0.476 e. The molecule has 0 bridgehead atoms. The number of Topliss-reactive ketones (excluding diaryl/α,β-unsaturated/α-hetero) is 1. The van der Waals surface area contributed by atoms with Gasteiger partial charge in [0, 0.05) is 13.3 Å². The van der Waals surface area contributed by atoms with E-state index < -0.39 is 17.7 Å². The lowest BCUT2D eigenvalue weighted by atomic mass is 10.2. The maximum atomic E-state index is 11.3. The van der Waals surface area contributed by atoms with Crippen molar-refractivity contribution in [1.29, 1.82) is 0 Å². The maximum absolute atomic E-state index is 11.3. The zero-order valence-electron chi connectivity index (χ0n) is 25.1. The molecular formula is C27H48O16. The van der Waals surface area contributed by atoms with Crippen molar-refractivity contribution in [3.63, 3.8) is 0 Å². The van der Waals surface area contributed by atoms with Gasteiger partial charge >= 0.3 is 17.9 Å². The van der Waals surface area contributed by atoms with Crippen LogP contribution in [0.2, 0.25) is 0 Å². The molecule has 0 aromatic rings. The third-order valence-electron chi connectivity index (χ3n) is 4.79. The van der Waals surface area contributed by atoms with E-state index in [1.807, 2.05) is 0 Å². The van der Waals surface area contributed by atoms with Gasteiger partial charge in [-0.1, -0.05) is 0 Å². The van der Waals surface area contributed by atoms with E-state index in [0.717, 1.165) is 0 Å². The second kappa shape index (κ2) is 32.6. The van der Waals surface area contributed by atoms with E-state index in [9.17, 15) is 19.2 Å². The summed E-state index contributed by atoms with van der Waals surface area (Å²) in [6, 6.07) is 0. The molecule has 252 valence electrons. The fourth-order valence-corrected chi connectivity index (χ4v) is 2.71. The predicted molar refractivity (Wildman–Crippen MR) is 147 cm³/mol. The van der Waals surface area contributed by atoms with Crippen molar-refractivity contribution in [2.75, 3.05) is 132 Å². The molecule has 16 heteroatoms. The van der Waals surface area contributed by atoms with Crippen LogP contribution in [-0.4, -0.2) is 161 Å². The van der Waals surface area contributed by atoms with Gasteiger partial charge in [-0.2, -0.15) is 0 Å². The van der Waals surface area contributed by atoms with Gasteiger partial charge in [-0.15, -0.1) is 0 Å². The molecule has 0 saturated carbocycles. The summed E-state index contributed by atoms with van der Waals surface area (Å²) in [4.78, 5) is 43.2.